The Bertz CT molecular complexity index is 600. The number of hydrogen-bond acceptors (Lipinski definition) is 4. The number of hydrogen-bond donors (Lipinski definition) is 2. The van der Waals surface area contributed by atoms with Crippen molar-refractivity contribution in [1.29, 1.82) is 0 Å². The molecule has 1 unspecified atom stereocenters. The van der Waals surface area contributed by atoms with Crippen LogP contribution in [0.2, 0.25) is 5.02 Å². The van der Waals surface area contributed by atoms with Gasteiger partial charge < -0.3 is 15.4 Å². The molecule has 4 nitrogen and oxygen atoms in total. The molecule has 0 saturated carbocycles. The number of ether oxygens (including phenoxy) is 1. The van der Waals surface area contributed by atoms with Gasteiger partial charge in [-0.25, -0.2) is 0 Å². The van der Waals surface area contributed by atoms with Crippen LogP contribution in [0.25, 0.3) is 0 Å². The van der Waals surface area contributed by atoms with Crippen molar-refractivity contribution in [2.45, 2.75) is 25.6 Å². The molecule has 0 amide bonds. The fourth-order valence-corrected chi connectivity index (χ4v) is 2.75. The van der Waals surface area contributed by atoms with E-state index in [0.29, 0.717) is 12.6 Å². The Labute approximate surface area is 135 Å². The summed E-state index contributed by atoms with van der Waals surface area (Å²) in [6, 6.07) is 10.2. The zero-order valence-electron chi connectivity index (χ0n) is 12.4. The van der Waals surface area contributed by atoms with Crippen LogP contribution in [0.5, 0.6) is 5.75 Å². The molecule has 0 aliphatic carbocycles. The molecule has 1 aliphatic heterocycles. The van der Waals surface area contributed by atoms with Gasteiger partial charge in [0.1, 0.15) is 12.4 Å². The van der Waals surface area contributed by atoms with Gasteiger partial charge in [0.05, 0.1) is 0 Å². The number of pyridine rings is 1. The van der Waals surface area contributed by atoms with Gasteiger partial charge in [0.25, 0.3) is 0 Å². The predicted molar refractivity (Wildman–Crippen MR) is 88.1 cm³/mol. The molecule has 116 valence electrons. The lowest BCUT2D eigenvalue weighted by molar-refractivity contribution is 0.301. The molecule has 1 atom stereocenters. The van der Waals surface area contributed by atoms with E-state index >= 15 is 0 Å². The van der Waals surface area contributed by atoms with Crippen LogP contribution in [0, 0.1) is 0 Å². The Morgan fingerprint density at radius 3 is 3.09 bits per heavy atom. The first kappa shape index (κ1) is 15.3. The highest BCUT2D eigenvalue weighted by Gasteiger charge is 2.14. The number of aromatic nitrogens is 1. The lowest BCUT2D eigenvalue weighted by Crippen LogP contribution is -2.30. The number of halogens is 1. The summed E-state index contributed by atoms with van der Waals surface area (Å²) in [5.74, 6) is 0.867. The third-order valence-corrected chi connectivity index (χ3v) is 4.02. The second-order valence-corrected chi connectivity index (χ2v) is 5.91. The van der Waals surface area contributed by atoms with Crippen LogP contribution in [0.4, 0.5) is 0 Å². The van der Waals surface area contributed by atoms with E-state index in [9.17, 15) is 0 Å². The van der Waals surface area contributed by atoms with Gasteiger partial charge in [-0.2, -0.15) is 0 Å². The van der Waals surface area contributed by atoms with Crippen LogP contribution in [0.15, 0.2) is 42.7 Å². The van der Waals surface area contributed by atoms with E-state index in [-0.39, 0.29) is 0 Å². The zero-order valence-corrected chi connectivity index (χ0v) is 13.1. The minimum Gasteiger partial charge on any atom is -0.489 e. The Hall–Kier alpha value is -1.62. The zero-order chi connectivity index (χ0) is 15.2. The molecule has 1 saturated heterocycles. The minimum atomic E-state index is 0.507. The van der Waals surface area contributed by atoms with Crippen LogP contribution in [-0.2, 0) is 13.2 Å². The van der Waals surface area contributed by atoms with Gasteiger partial charge in [-0.3, -0.25) is 4.98 Å². The van der Waals surface area contributed by atoms with Crippen LogP contribution in [-0.4, -0.2) is 24.1 Å². The molecule has 0 radical (unpaired) electrons. The predicted octanol–water partition coefficient (Wildman–Crippen LogP) is 2.77. The summed E-state index contributed by atoms with van der Waals surface area (Å²) in [6.07, 6.45) is 4.74. The summed E-state index contributed by atoms with van der Waals surface area (Å²) in [4.78, 5) is 4.10. The van der Waals surface area contributed by atoms with Crippen molar-refractivity contribution in [2.24, 2.45) is 0 Å². The summed E-state index contributed by atoms with van der Waals surface area (Å²) in [5, 5.41) is 7.64. The minimum absolute atomic E-state index is 0.507. The second kappa shape index (κ2) is 7.58. The van der Waals surface area contributed by atoms with Crippen molar-refractivity contribution in [3.63, 3.8) is 0 Å². The summed E-state index contributed by atoms with van der Waals surface area (Å²) < 4.78 is 5.94. The van der Waals surface area contributed by atoms with E-state index in [4.69, 9.17) is 16.3 Å². The van der Waals surface area contributed by atoms with Crippen molar-refractivity contribution >= 4 is 11.6 Å². The second-order valence-electron chi connectivity index (χ2n) is 5.47. The molecule has 1 aromatic heterocycles. The summed E-state index contributed by atoms with van der Waals surface area (Å²) in [7, 11) is 0. The number of benzene rings is 1. The van der Waals surface area contributed by atoms with Gasteiger partial charge in [-0.15, -0.1) is 0 Å². The standard InChI is InChI=1S/C17H20ClN3O/c18-15-3-4-17(22-12-13-2-1-6-19-9-13)14(8-15)10-21-16-5-7-20-11-16/h1-4,6,8-9,16,20-21H,5,7,10-12H2. The molecular weight excluding hydrogens is 298 g/mol. The maximum absolute atomic E-state index is 6.12. The molecule has 2 aromatic rings. The van der Waals surface area contributed by atoms with E-state index in [1.165, 1.54) is 0 Å². The third-order valence-electron chi connectivity index (χ3n) is 3.78. The van der Waals surface area contributed by atoms with Crippen LogP contribution in [0.1, 0.15) is 17.5 Å². The maximum atomic E-state index is 6.12. The van der Waals surface area contributed by atoms with Gasteiger partial charge in [0.15, 0.2) is 0 Å². The Morgan fingerprint density at radius 2 is 2.32 bits per heavy atom. The average molecular weight is 318 g/mol. The Morgan fingerprint density at radius 1 is 1.36 bits per heavy atom. The molecule has 3 rings (SSSR count). The number of nitrogens with one attached hydrogen (secondary N) is 2. The van der Waals surface area contributed by atoms with E-state index in [1.54, 1.807) is 6.20 Å². The number of rotatable bonds is 6. The van der Waals surface area contributed by atoms with Crippen molar-refractivity contribution in [1.82, 2.24) is 15.6 Å². The lowest BCUT2D eigenvalue weighted by Gasteiger charge is -2.15. The lowest BCUT2D eigenvalue weighted by atomic mass is 10.1. The van der Waals surface area contributed by atoms with Crippen LogP contribution in [0.3, 0.4) is 0 Å². The van der Waals surface area contributed by atoms with Gasteiger partial charge >= 0.3 is 0 Å². The SMILES string of the molecule is Clc1ccc(OCc2cccnc2)c(CNC2CCNC2)c1. The molecule has 22 heavy (non-hydrogen) atoms. The average Bonchev–Trinajstić information content (AvgIpc) is 3.06. The van der Waals surface area contributed by atoms with E-state index < -0.39 is 0 Å². The molecule has 1 aromatic carbocycles. The molecular formula is C17H20ClN3O. The van der Waals surface area contributed by atoms with Gasteiger partial charge in [-0.05, 0) is 37.2 Å². The topological polar surface area (TPSA) is 46.2 Å². The Balaban J connectivity index is 1.64. The van der Waals surface area contributed by atoms with Gasteiger partial charge in [0.2, 0.25) is 0 Å². The fraction of sp³-hybridized carbons (Fsp3) is 0.353. The number of nitrogens with zero attached hydrogens (tertiary/aromatic N) is 1. The highest BCUT2D eigenvalue weighted by atomic mass is 35.5. The van der Waals surface area contributed by atoms with Crippen LogP contribution >= 0.6 is 11.6 Å². The molecule has 0 bridgehead atoms. The van der Waals surface area contributed by atoms with E-state index in [1.807, 2.05) is 36.5 Å². The smallest absolute Gasteiger partial charge is 0.124 e. The summed E-state index contributed by atoms with van der Waals surface area (Å²) >= 11 is 6.12. The van der Waals surface area contributed by atoms with Gasteiger partial charge in [-0.1, -0.05) is 17.7 Å². The summed E-state index contributed by atoms with van der Waals surface area (Å²) in [6.45, 7) is 3.37. The first-order chi connectivity index (χ1) is 10.8. The molecule has 5 heteroatoms. The molecule has 0 spiro atoms. The molecule has 1 aliphatic rings. The fourth-order valence-electron chi connectivity index (χ4n) is 2.55. The molecule has 2 N–H and O–H groups in total. The van der Waals surface area contributed by atoms with Crippen molar-refractivity contribution in [2.75, 3.05) is 13.1 Å². The van der Waals surface area contributed by atoms with Crippen molar-refractivity contribution < 1.29 is 4.74 Å². The normalized spacial score (nSPS) is 17.6. The third kappa shape index (κ3) is 4.19. The monoisotopic (exact) mass is 317 g/mol. The first-order valence-corrected chi connectivity index (χ1v) is 7.93. The molecule has 1 fully saturated rings. The highest BCUT2D eigenvalue weighted by molar-refractivity contribution is 6.30. The van der Waals surface area contributed by atoms with Crippen molar-refractivity contribution in [3.8, 4) is 5.75 Å². The summed E-state index contributed by atoms with van der Waals surface area (Å²) in [5.41, 5.74) is 2.14. The Kier molecular flexibility index (Phi) is 5.27. The van der Waals surface area contributed by atoms with Crippen molar-refractivity contribution in [3.05, 3.63) is 58.9 Å². The molecule has 2 heterocycles. The van der Waals surface area contributed by atoms with E-state index in [0.717, 1.165) is 48.0 Å². The van der Waals surface area contributed by atoms with Crippen LogP contribution < -0.4 is 15.4 Å². The first-order valence-electron chi connectivity index (χ1n) is 7.55. The maximum Gasteiger partial charge on any atom is 0.124 e. The highest BCUT2D eigenvalue weighted by Crippen LogP contribution is 2.24. The largest absolute Gasteiger partial charge is 0.489 e. The quantitative estimate of drug-likeness (QED) is 0.860. The van der Waals surface area contributed by atoms with E-state index in [2.05, 4.69) is 15.6 Å². The van der Waals surface area contributed by atoms with Gasteiger partial charge in [0, 0.05) is 47.7 Å².